The largest absolute Gasteiger partial charge is 0.303 e. The van der Waals surface area contributed by atoms with Crippen molar-refractivity contribution in [2.24, 2.45) is 5.92 Å². The average molecular weight is 210 g/mol. The fourth-order valence-electron chi connectivity index (χ4n) is 1.77. The highest BCUT2D eigenvalue weighted by Crippen LogP contribution is 2.17. The van der Waals surface area contributed by atoms with E-state index in [0.717, 1.165) is 38.8 Å². The molecule has 0 atom stereocenters. The Hall–Kier alpha value is -0.740. The van der Waals surface area contributed by atoms with Crippen LogP contribution in [0.25, 0.3) is 0 Å². The molecule has 1 saturated heterocycles. The Morgan fingerprint density at radius 3 is 2.93 bits per heavy atom. The van der Waals surface area contributed by atoms with Crippen LogP contribution < -0.4 is 0 Å². The minimum Gasteiger partial charge on any atom is -0.303 e. The van der Waals surface area contributed by atoms with Gasteiger partial charge in [0.2, 0.25) is 0 Å². The highest BCUT2D eigenvalue weighted by atomic mass is 32.1. The van der Waals surface area contributed by atoms with Crippen LogP contribution in [-0.2, 0) is 11.3 Å². The van der Waals surface area contributed by atoms with Gasteiger partial charge in [-0.2, -0.15) is 0 Å². The van der Waals surface area contributed by atoms with E-state index in [2.05, 4.69) is 9.88 Å². The number of piperidine rings is 1. The number of hydrogen-bond donors (Lipinski definition) is 0. The van der Waals surface area contributed by atoms with E-state index in [-0.39, 0.29) is 0 Å². The Bertz CT molecular complexity index is 278. The molecule has 0 bridgehead atoms. The fourth-order valence-corrected chi connectivity index (χ4v) is 2.43. The SMILES string of the molecule is O=CC1CCN(Cc2nccs2)CC1. The zero-order valence-electron chi connectivity index (χ0n) is 8.06. The molecule has 0 unspecified atom stereocenters. The highest BCUT2D eigenvalue weighted by molar-refractivity contribution is 7.09. The number of aromatic nitrogens is 1. The van der Waals surface area contributed by atoms with Crippen LogP contribution in [0.5, 0.6) is 0 Å². The topological polar surface area (TPSA) is 33.2 Å². The van der Waals surface area contributed by atoms with Crippen LogP contribution in [0.4, 0.5) is 0 Å². The molecule has 76 valence electrons. The Morgan fingerprint density at radius 2 is 2.36 bits per heavy atom. The van der Waals surface area contributed by atoms with Gasteiger partial charge >= 0.3 is 0 Å². The standard InChI is InChI=1S/C10H14N2OS/c13-8-9-1-4-12(5-2-9)7-10-11-3-6-14-10/h3,6,8-9H,1-2,4-5,7H2. The van der Waals surface area contributed by atoms with Crippen LogP contribution in [0.3, 0.4) is 0 Å². The van der Waals surface area contributed by atoms with Crippen molar-refractivity contribution < 1.29 is 4.79 Å². The summed E-state index contributed by atoms with van der Waals surface area (Å²) in [5.74, 6) is 0.294. The lowest BCUT2D eigenvalue weighted by atomic mass is 9.99. The maximum atomic E-state index is 10.6. The van der Waals surface area contributed by atoms with E-state index in [9.17, 15) is 4.79 Å². The quantitative estimate of drug-likeness (QED) is 0.710. The van der Waals surface area contributed by atoms with E-state index in [4.69, 9.17) is 0 Å². The molecule has 0 aliphatic carbocycles. The Balaban J connectivity index is 1.81. The van der Waals surface area contributed by atoms with Crippen molar-refractivity contribution in [3.8, 4) is 0 Å². The summed E-state index contributed by atoms with van der Waals surface area (Å²) in [7, 11) is 0. The minimum atomic E-state index is 0.294. The second kappa shape index (κ2) is 4.66. The summed E-state index contributed by atoms with van der Waals surface area (Å²) in [6.07, 6.45) is 4.96. The zero-order chi connectivity index (χ0) is 9.80. The van der Waals surface area contributed by atoms with Crippen molar-refractivity contribution >= 4 is 17.6 Å². The van der Waals surface area contributed by atoms with Crippen molar-refractivity contribution in [1.29, 1.82) is 0 Å². The van der Waals surface area contributed by atoms with Gasteiger partial charge in [-0.1, -0.05) is 0 Å². The molecule has 4 heteroatoms. The number of carbonyl (C=O) groups is 1. The molecule has 0 saturated carbocycles. The van der Waals surface area contributed by atoms with Crippen LogP contribution in [0.1, 0.15) is 17.8 Å². The van der Waals surface area contributed by atoms with E-state index in [1.807, 2.05) is 11.6 Å². The van der Waals surface area contributed by atoms with Gasteiger partial charge in [0.15, 0.2) is 0 Å². The van der Waals surface area contributed by atoms with Gasteiger partial charge in [-0.25, -0.2) is 4.98 Å². The van der Waals surface area contributed by atoms with E-state index in [1.54, 1.807) is 11.3 Å². The van der Waals surface area contributed by atoms with Gasteiger partial charge in [0.25, 0.3) is 0 Å². The van der Waals surface area contributed by atoms with Crippen LogP contribution >= 0.6 is 11.3 Å². The predicted octanol–water partition coefficient (Wildman–Crippen LogP) is 1.55. The first-order chi connectivity index (χ1) is 6.88. The van der Waals surface area contributed by atoms with E-state index >= 15 is 0 Å². The lowest BCUT2D eigenvalue weighted by Crippen LogP contribution is -2.33. The molecular weight excluding hydrogens is 196 g/mol. The first-order valence-electron chi connectivity index (χ1n) is 4.94. The Labute approximate surface area is 87.8 Å². The molecule has 0 N–H and O–H groups in total. The lowest BCUT2D eigenvalue weighted by molar-refractivity contribution is -0.112. The maximum Gasteiger partial charge on any atom is 0.123 e. The molecule has 1 aliphatic rings. The van der Waals surface area contributed by atoms with Crippen molar-refractivity contribution in [2.75, 3.05) is 13.1 Å². The summed E-state index contributed by atoms with van der Waals surface area (Å²) < 4.78 is 0. The summed E-state index contributed by atoms with van der Waals surface area (Å²) >= 11 is 1.70. The summed E-state index contributed by atoms with van der Waals surface area (Å²) in [6.45, 7) is 3.01. The van der Waals surface area contributed by atoms with E-state index in [0.29, 0.717) is 5.92 Å². The molecular formula is C10H14N2OS. The number of hydrogen-bond acceptors (Lipinski definition) is 4. The second-order valence-electron chi connectivity index (χ2n) is 3.68. The van der Waals surface area contributed by atoms with Crippen molar-refractivity contribution in [3.63, 3.8) is 0 Å². The molecule has 1 aromatic rings. The van der Waals surface area contributed by atoms with Crippen molar-refractivity contribution in [2.45, 2.75) is 19.4 Å². The van der Waals surface area contributed by atoms with Gasteiger partial charge in [0, 0.05) is 17.5 Å². The van der Waals surface area contributed by atoms with Gasteiger partial charge in [0.1, 0.15) is 11.3 Å². The third kappa shape index (κ3) is 2.39. The number of rotatable bonds is 3. The van der Waals surface area contributed by atoms with Crippen LogP contribution in [0.15, 0.2) is 11.6 Å². The summed E-state index contributed by atoms with van der Waals surface area (Å²) in [4.78, 5) is 17.2. The molecule has 2 heterocycles. The van der Waals surface area contributed by atoms with Crippen LogP contribution in [0.2, 0.25) is 0 Å². The molecule has 2 rings (SSSR count). The predicted molar refractivity (Wildman–Crippen MR) is 56.2 cm³/mol. The number of likely N-dealkylation sites (tertiary alicyclic amines) is 1. The third-order valence-corrected chi connectivity index (χ3v) is 3.43. The Morgan fingerprint density at radius 1 is 1.57 bits per heavy atom. The fraction of sp³-hybridized carbons (Fsp3) is 0.600. The second-order valence-corrected chi connectivity index (χ2v) is 4.65. The van der Waals surface area contributed by atoms with Gasteiger partial charge in [-0.3, -0.25) is 4.90 Å². The molecule has 14 heavy (non-hydrogen) atoms. The third-order valence-electron chi connectivity index (χ3n) is 2.67. The van der Waals surface area contributed by atoms with Gasteiger partial charge in [-0.05, 0) is 25.9 Å². The minimum absolute atomic E-state index is 0.294. The molecule has 0 spiro atoms. The average Bonchev–Trinajstić information content (AvgIpc) is 2.72. The molecule has 0 amide bonds. The monoisotopic (exact) mass is 210 g/mol. The Kier molecular flexibility index (Phi) is 3.26. The van der Waals surface area contributed by atoms with Crippen molar-refractivity contribution in [1.82, 2.24) is 9.88 Å². The van der Waals surface area contributed by atoms with Crippen LogP contribution in [0, 0.1) is 5.92 Å². The number of thiazole rings is 1. The van der Waals surface area contributed by atoms with Crippen LogP contribution in [-0.4, -0.2) is 29.3 Å². The van der Waals surface area contributed by atoms with Gasteiger partial charge in [-0.15, -0.1) is 11.3 Å². The molecule has 1 aromatic heterocycles. The molecule has 1 aliphatic heterocycles. The first-order valence-corrected chi connectivity index (χ1v) is 5.82. The number of nitrogens with zero attached hydrogens (tertiary/aromatic N) is 2. The zero-order valence-corrected chi connectivity index (χ0v) is 8.87. The number of aldehydes is 1. The molecule has 1 fully saturated rings. The van der Waals surface area contributed by atoms with E-state index < -0.39 is 0 Å². The molecule has 0 radical (unpaired) electrons. The number of carbonyl (C=O) groups excluding carboxylic acids is 1. The van der Waals surface area contributed by atoms with Crippen molar-refractivity contribution in [3.05, 3.63) is 16.6 Å². The van der Waals surface area contributed by atoms with Gasteiger partial charge < -0.3 is 4.79 Å². The molecule has 0 aromatic carbocycles. The van der Waals surface area contributed by atoms with E-state index in [1.165, 1.54) is 5.01 Å². The molecule has 3 nitrogen and oxygen atoms in total. The summed E-state index contributed by atoms with van der Waals surface area (Å²) in [6, 6.07) is 0. The normalized spacial score (nSPS) is 19.7. The summed E-state index contributed by atoms with van der Waals surface area (Å²) in [5.41, 5.74) is 0. The summed E-state index contributed by atoms with van der Waals surface area (Å²) in [5, 5.41) is 3.18. The maximum absolute atomic E-state index is 10.6. The first kappa shape index (κ1) is 9.80. The van der Waals surface area contributed by atoms with Gasteiger partial charge in [0.05, 0.1) is 6.54 Å². The highest BCUT2D eigenvalue weighted by Gasteiger charge is 2.18. The smallest absolute Gasteiger partial charge is 0.123 e. The lowest BCUT2D eigenvalue weighted by Gasteiger charge is -2.28.